The Bertz CT molecular complexity index is 1120. The lowest BCUT2D eigenvalue weighted by molar-refractivity contribution is 0.509. The topological polar surface area (TPSA) is 24.7 Å². The third-order valence-corrected chi connectivity index (χ3v) is 3.65. The van der Waals surface area contributed by atoms with E-state index in [4.69, 9.17) is 0 Å². The van der Waals surface area contributed by atoms with Gasteiger partial charge in [-0.25, -0.2) is 22.0 Å². The highest BCUT2D eigenvalue weighted by atomic mass is 19.2. The molecule has 0 aliphatic carbocycles. The highest BCUT2D eigenvalue weighted by Crippen LogP contribution is 2.22. The first-order valence-corrected chi connectivity index (χ1v) is 7.97. The molecule has 0 aromatic heterocycles. The molecule has 0 aliphatic heterocycles. The molecule has 3 rings (SSSR count). The number of rotatable bonds is 2. The van der Waals surface area contributed by atoms with Crippen LogP contribution in [0.5, 0.6) is 0 Å². The summed E-state index contributed by atoms with van der Waals surface area (Å²) in [6, 6.07) is 8.87. The van der Waals surface area contributed by atoms with Crippen LogP contribution in [0.3, 0.4) is 0 Å². The molecule has 0 aliphatic rings. The minimum Gasteiger partial charge on any atom is -0.206 e. The molecule has 3 aromatic carbocycles. The SMILES string of the molecule is Cc1cc(F)c(C#Cc2ccc(N=Nc3ccc(F)c(F)c3)cc2F)c(F)c1. The van der Waals surface area contributed by atoms with E-state index in [1.807, 2.05) is 0 Å². The van der Waals surface area contributed by atoms with Gasteiger partial charge in [-0.1, -0.05) is 11.8 Å². The lowest BCUT2D eigenvalue weighted by atomic mass is 10.1. The van der Waals surface area contributed by atoms with Gasteiger partial charge in [0.1, 0.15) is 17.5 Å². The van der Waals surface area contributed by atoms with E-state index < -0.39 is 34.6 Å². The van der Waals surface area contributed by atoms with Crippen molar-refractivity contribution in [1.82, 2.24) is 0 Å². The maximum Gasteiger partial charge on any atom is 0.161 e. The first-order valence-electron chi connectivity index (χ1n) is 7.97. The van der Waals surface area contributed by atoms with Crippen LogP contribution in [0.15, 0.2) is 58.8 Å². The lowest BCUT2D eigenvalue weighted by Crippen LogP contribution is -1.92. The molecule has 0 N–H and O–H groups in total. The molecule has 7 heteroatoms. The van der Waals surface area contributed by atoms with Crippen LogP contribution in [0, 0.1) is 47.9 Å². The summed E-state index contributed by atoms with van der Waals surface area (Å²) >= 11 is 0. The van der Waals surface area contributed by atoms with Crippen LogP contribution >= 0.6 is 0 Å². The summed E-state index contributed by atoms with van der Waals surface area (Å²) in [6.45, 7) is 1.54. The Balaban J connectivity index is 1.84. The predicted octanol–water partition coefficient (Wildman–Crippen LogP) is 6.51. The highest BCUT2D eigenvalue weighted by Gasteiger charge is 2.08. The summed E-state index contributed by atoms with van der Waals surface area (Å²) in [5, 5.41) is 7.42. The van der Waals surface area contributed by atoms with Crippen molar-refractivity contribution in [3.63, 3.8) is 0 Å². The molecule has 0 saturated carbocycles. The van der Waals surface area contributed by atoms with E-state index in [1.54, 1.807) is 0 Å². The molecule has 0 fully saturated rings. The van der Waals surface area contributed by atoms with Crippen LogP contribution < -0.4 is 0 Å². The fraction of sp³-hybridized carbons (Fsp3) is 0.0476. The molecule has 0 unspecified atom stereocenters. The smallest absolute Gasteiger partial charge is 0.161 e. The zero-order valence-electron chi connectivity index (χ0n) is 14.4. The second-order valence-corrected chi connectivity index (χ2v) is 5.82. The first-order chi connectivity index (χ1) is 13.3. The maximum atomic E-state index is 14.2. The summed E-state index contributed by atoms with van der Waals surface area (Å²) in [5.74, 6) is 0.123. The number of hydrogen-bond donors (Lipinski definition) is 0. The van der Waals surface area contributed by atoms with Crippen molar-refractivity contribution in [2.24, 2.45) is 10.2 Å². The van der Waals surface area contributed by atoms with E-state index in [-0.39, 0.29) is 16.9 Å². The lowest BCUT2D eigenvalue weighted by Gasteiger charge is -2.00. The molecule has 140 valence electrons. The molecule has 0 atom stereocenters. The van der Waals surface area contributed by atoms with E-state index in [9.17, 15) is 22.0 Å². The molecule has 0 heterocycles. The second kappa shape index (κ2) is 8.01. The molecule has 0 saturated heterocycles. The van der Waals surface area contributed by atoms with Crippen molar-refractivity contribution in [3.8, 4) is 11.8 Å². The average Bonchev–Trinajstić information content (AvgIpc) is 2.63. The molecule has 3 aromatic rings. The van der Waals surface area contributed by atoms with Crippen LogP contribution in [-0.4, -0.2) is 0 Å². The molecule has 0 bridgehead atoms. The van der Waals surface area contributed by atoms with Crippen LogP contribution in [0.4, 0.5) is 33.3 Å². The molecular weight excluding hydrogens is 375 g/mol. The number of benzene rings is 3. The quantitative estimate of drug-likeness (QED) is 0.273. The number of azo groups is 1. The first kappa shape index (κ1) is 19.2. The van der Waals surface area contributed by atoms with E-state index in [1.165, 1.54) is 25.1 Å². The van der Waals surface area contributed by atoms with Gasteiger partial charge in [0, 0.05) is 12.1 Å². The zero-order valence-corrected chi connectivity index (χ0v) is 14.4. The van der Waals surface area contributed by atoms with Gasteiger partial charge in [0.15, 0.2) is 11.6 Å². The van der Waals surface area contributed by atoms with Crippen LogP contribution in [0.2, 0.25) is 0 Å². The Morgan fingerprint density at radius 1 is 0.607 bits per heavy atom. The Labute approximate surface area is 157 Å². The molecule has 28 heavy (non-hydrogen) atoms. The summed E-state index contributed by atoms with van der Waals surface area (Å²) in [5.41, 5.74) is 0.00899. The summed E-state index contributed by atoms with van der Waals surface area (Å²) in [4.78, 5) is 0. The second-order valence-electron chi connectivity index (χ2n) is 5.82. The zero-order chi connectivity index (χ0) is 20.3. The summed E-state index contributed by atoms with van der Waals surface area (Å²) < 4.78 is 67.7. The normalized spacial score (nSPS) is 10.8. The van der Waals surface area contributed by atoms with Gasteiger partial charge in [-0.3, -0.25) is 0 Å². The summed E-state index contributed by atoms with van der Waals surface area (Å²) in [7, 11) is 0. The van der Waals surface area contributed by atoms with Gasteiger partial charge < -0.3 is 0 Å². The van der Waals surface area contributed by atoms with Gasteiger partial charge in [-0.2, -0.15) is 10.2 Å². The van der Waals surface area contributed by atoms with Crippen molar-refractivity contribution in [2.75, 3.05) is 0 Å². The third-order valence-electron chi connectivity index (χ3n) is 3.65. The van der Waals surface area contributed by atoms with Gasteiger partial charge in [0.05, 0.1) is 22.5 Å². The molecular formula is C21H11F5N2. The van der Waals surface area contributed by atoms with Crippen LogP contribution in [0.1, 0.15) is 16.7 Å². The fourth-order valence-corrected chi connectivity index (χ4v) is 2.28. The van der Waals surface area contributed by atoms with Crippen molar-refractivity contribution >= 4 is 11.4 Å². The van der Waals surface area contributed by atoms with Crippen molar-refractivity contribution in [3.05, 3.63) is 94.3 Å². The molecule has 0 spiro atoms. The Hall–Kier alpha value is -3.53. The summed E-state index contributed by atoms with van der Waals surface area (Å²) in [6.07, 6.45) is 0. The molecule has 0 amide bonds. The average molecular weight is 386 g/mol. The molecule has 0 radical (unpaired) electrons. The van der Waals surface area contributed by atoms with Crippen LogP contribution in [0.25, 0.3) is 0 Å². The number of halogens is 5. The Kier molecular flexibility index (Phi) is 5.50. The van der Waals surface area contributed by atoms with Gasteiger partial charge in [-0.15, -0.1) is 0 Å². The molecule has 2 nitrogen and oxygen atoms in total. The van der Waals surface area contributed by atoms with Crippen molar-refractivity contribution in [1.29, 1.82) is 0 Å². The minimum absolute atomic E-state index is 0.0495. The standard InChI is InChI=1S/C21H11F5N2/c1-12-8-19(24)16(20(25)9-12)6-3-13-2-4-14(10-18(13)23)27-28-15-5-7-17(22)21(26)11-15/h2,4-5,7-11H,1H3. The van der Waals surface area contributed by atoms with Gasteiger partial charge in [0.2, 0.25) is 0 Å². The number of nitrogens with zero attached hydrogens (tertiary/aromatic N) is 2. The largest absolute Gasteiger partial charge is 0.206 e. The number of hydrogen-bond acceptors (Lipinski definition) is 2. The van der Waals surface area contributed by atoms with Crippen LogP contribution in [-0.2, 0) is 0 Å². The van der Waals surface area contributed by atoms with Gasteiger partial charge in [-0.05, 0) is 48.9 Å². The van der Waals surface area contributed by atoms with E-state index >= 15 is 0 Å². The van der Waals surface area contributed by atoms with E-state index in [0.717, 1.165) is 30.3 Å². The Morgan fingerprint density at radius 2 is 1.18 bits per heavy atom. The van der Waals surface area contributed by atoms with Gasteiger partial charge in [0.25, 0.3) is 0 Å². The third kappa shape index (κ3) is 4.41. The van der Waals surface area contributed by atoms with E-state index in [2.05, 4.69) is 22.1 Å². The Morgan fingerprint density at radius 3 is 1.75 bits per heavy atom. The maximum absolute atomic E-state index is 14.2. The fourth-order valence-electron chi connectivity index (χ4n) is 2.28. The minimum atomic E-state index is -1.08. The van der Waals surface area contributed by atoms with Crippen molar-refractivity contribution < 1.29 is 22.0 Å². The van der Waals surface area contributed by atoms with E-state index in [0.29, 0.717) is 5.56 Å². The predicted molar refractivity (Wildman–Crippen MR) is 94.0 cm³/mol. The highest BCUT2D eigenvalue weighted by molar-refractivity contribution is 5.49. The number of aryl methyl sites for hydroxylation is 1. The monoisotopic (exact) mass is 386 g/mol. The van der Waals surface area contributed by atoms with Crippen molar-refractivity contribution in [2.45, 2.75) is 6.92 Å². The van der Waals surface area contributed by atoms with Gasteiger partial charge >= 0.3 is 0 Å².